The molecule has 1 aromatic carbocycles. The Morgan fingerprint density at radius 1 is 1.44 bits per heavy atom. The average Bonchev–Trinajstić information content (AvgIpc) is 2.82. The van der Waals surface area contributed by atoms with E-state index in [2.05, 4.69) is 5.32 Å². The molecule has 2 rings (SSSR count). The highest BCUT2D eigenvalue weighted by Crippen LogP contribution is 2.25. The molecule has 1 saturated carbocycles. The molecule has 0 aromatic heterocycles. The molecule has 1 aromatic rings. The second-order valence-electron chi connectivity index (χ2n) is 4.93. The maximum atomic E-state index is 11.4. The highest BCUT2D eigenvalue weighted by atomic mass is 35.5. The number of carbonyl (C=O) groups is 1. The largest absolute Gasteiger partial charge is 0.480 e. The number of rotatable bonds is 4. The molecule has 1 unspecified atom stereocenters. The van der Waals surface area contributed by atoms with Gasteiger partial charge in [-0.3, -0.25) is 10.1 Å². The molecule has 1 atom stereocenters. The Labute approximate surface area is 112 Å². The van der Waals surface area contributed by atoms with Crippen molar-refractivity contribution in [3.63, 3.8) is 0 Å². The Kier molecular flexibility index (Phi) is 4.25. The molecule has 1 aliphatic carbocycles. The Morgan fingerprint density at radius 3 is 2.67 bits per heavy atom. The molecule has 0 saturated heterocycles. The summed E-state index contributed by atoms with van der Waals surface area (Å²) in [6.45, 7) is 1.91. The molecule has 0 bridgehead atoms. The molecule has 1 aliphatic rings. The van der Waals surface area contributed by atoms with E-state index in [0.29, 0.717) is 11.1 Å². The van der Waals surface area contributed by atoms with Crippen molar-refractivity contribution in [2.45, 2.75) is 44.7 Å². The number of hydrogen-bond donors (Lipinski definition) is 2. The number of carboxylic acids is 1. The van der Waals surface area contributed by atoms with Gasteiger partial charge in [0, 0.05) is 11.1 Å². The van der Waals surface area contributed by atoms with Gasteiger partial charge in [-0.05, 0) is 37.0 Å². The molecule has 98 valence electrons. The number of carboxylic acid groups (broad SMARTS) is 1. The highest BCUT2D eigenvalue weighted by Gasteiger charge is 2.25. The van der Waals surface area contributed by atoms with E-state index in [9.17, 15) is 9.90 Å². The smallest absolute Gasteiger partial charge is 0.325 e. The molecule has 2 N–H and O–H groups in total. The molecule has 0 radical (unpaired) electrons. The van der Waals surface area contributed by atoms with Crippen LogP contribution in [-0.2, 0) is 4.79 Å². The zero-order valence-electron chi connectivity index (χ0n) is 10.4. The van der Waals surface area contributed by atoms with Crippen molar-refractivity contribution < 1.29 is 9.90 Å². The predicted molar refractivity (Wildman–Crippen MR) is 72.0 cm³/mol. The van der Waals surface area contributed by atoms with E-state index in [0.717, 1.165) is 24.0 Å². The van der Waals surface area contributed by atoms with Gasteiger partial charge in [0.15, 0.2) is 0 Å². The topological polar surface area (TPSA) is 49.3 Å². The zero-order valence-corrected chi connectivity index (χ0v) is 11.2. The summed E-state index contributed by atoms with van der Waals surface area (Å²) in [5.41, 5.74) is 1.69. The van der Waals surface area contributed by atoms with Crippen LogP contribution in [0.4, 0.5) is 0 Å². The summed E-state index contributed by atoms with van der Waals surface area (Å²) < 4.78 is 0. The molecule has 4 heteroatoms. The number of hydrogen-bond acceptors (Lipinski definition) is 2. The van der Waals surface area contributed by atoms with Gasteiger partial charge >= 0.3 is 5.97 Å². The van der Waals surface area contributed by atoms with Crippen LogP contribution in [0.2, 0.25) is 5.02 Å². The minimum atomic E-state index is -0.846. The lowest BCUT2D eigenvalue weighted by Gasteiger charge is -2.20. The van der Waals surface area contributed by atoms with Crippen molar-refractivity contribution in [3.8, 4) is 0 Å². The van der Waals surface area contributed by atoms with Gasteiger partial charge in [0.1, 0.15) is 6.04 Å². The van der Waals surface area contributed by atoms with Crippen molar-refractivity contribution in [2.75, 3.05) is 0 Å². The van der Waals surface area contributed by atoms with E-state index >= 15 is 0 Å². The Bertz CT molecular complexity index is 441. The maximum Gasteiger partial charge on any atom is 0.325 e. The third-order valence-corrected chi connectivity index (χ3v) is 3.94. The Morgan fingerprint density at radius 2 is 2.11 bits per heavy atom. The number of aryl methyl sites for hydroxylation is 1. The fourth-order valence-corrected chi connectivity index (χ4v) is 2.62. The first-order valence-corrected chi connectivity index (χ1v) is 6.70. The lowest BCUT2D eigenvalue weighted by molar-refractivity contribution is -0.139. The van der Waals surface area contributed by atoms with Gasteiger partial charge < -0.3 is 5.11 Å². The minimum Gasteiger partial charge on any atom is -0.480 e. The summed E-state index contributed by atoms with van der Waals surface area (Å²) in [6.07, 6.45) is 4.48. The number of benzene rings is 1. The number of halogens is 1. The van der Waals surface area contributed by atoms with Crippen LogP contribution < -0.4 is 5.32 Å². The molecule has 0 spiro atoms. The molecular formula is C14H18ClNO2. The maximum absolute atomic E-state index is 11.4. The van der Waals surface area contributed by atoms with Crippen molar-refractivity contribution in [3.05, 3.63) is 34.3 Å². The van der Waals surface area contributed by atoms with Crippen LogP contribution in [0.5, 0.6) is 0 Å². The van der Waals surface area contributed by atoms with E-state index in [1.165, 1.54) is 12.8 Å². The van der Waals surface area contributed by atoms with Crippen molar-refractivity contribution in [2.24, 2.45) is 0 Å². The van der Waals surface area contributed by atoms with Gasteiger partial charge in [-0.2, -0.15) is 0 Å². The fraction of sp³-hybridized carbons (Fsp3) is 0.500. The van der Waals surface area contributed by atoms with Gasteiger partial charge in [0.2, 0.25) is 0 Å². The quantitative estimate of drug-likeness (QED) is 0.880. The molecule has 0 aliphatic heterocycles. The first-order chi connectivity index (χ1) is 8.58. The third-order valence-electron chi connectivity index (χ3n) is 3.53. The van der Waals surface area contributed by atoms with Crippen molar-refractivity contribution >= 4 is 17.6 Å². The van der Waals surface area contributed by atoms with Gasteiger partial charge in [0.25, 0.3) is 0 Å². The van der Waals surface area contributed by atoms with Crippen LogP contribution in [0, 0.1) is 6.92 Å². The lowest BCUT2D eigenvalue weighted by atomic mass is 10.0. The SMILES string of the molecule is Cc1ccc(C(NC2CCCC2)C(=O)O)cc1Cl. The van der Waals surface area contributed by atoms with E-state index in [1.54, 1.807) is 6.07 Å². The van der Waals surface area contributed by atoms with Gasteiger partial charge in [-0.1, -0.05) is 36.6 Å². The number of nitrogens with one attached hydrogen (secondary N) is 1. The van der Waals surface area contributed by atoms with E-state index in [-0.39, 0.29) is 0 Å². The second-order valence-corrected chi connectivity index (χ2v) is 5.34. The van der Waals surface area contributed by atoms with Crippen molar-refractivity contribution in [1.29, 1.82) is 0 Å². The van der Waals surface area contributed by atoms with Gasteiger partial charge in [0.05, 0.1) is 0 Å². The van der Waals surface area contributed by atoms with Crippen molar-refractivity contribution in [1.82, 2.24) is 5.32 Å². The summed E-state index contributed by atoms with van der Waals surface area (Å²) in [4.78, 5) is 11.4. The fourth-order valence-electron chi connectivity index (χ4n) is 2.43. The van der Waals surface area contributed by atoms with E-state index in [1.807, 2.05) is 19.1 Å². The van der Waals surface area contributed by atoms with Crippen LogP contribution in [-0.4, -0.2) is 17.1 Å². The van der Waals surface area contributed by atoms with Crippen LogP contribution in [0.3, 0.4) is 0 Å². The standard InChI is InChI=1S/C14H18ClNO2/c1-9-6-7-10(8-12(9)15)13(14(17)18)16-11-4-2-3-5-11/h6-8,11,13,16H,2-5H2,1H3,(H,17,18). The summed E-state index contributed by atoms with van der Waals surface area (Å²) in [6, 6.07) is 5.10. The third kappa shape index (κ3) is 3.03. The number of aliphatic carboxylic acids is 1. The van der Waals surface area contributed by atoms with Crippen LogP contribution >= 0.6 is 11.6 Å². The molecule has 18 heavy (non-hydrogen) atoms. The average molecular weight is 268 g/mol. The Balaban J connectivity index is 2.17. The lowest BCUT2D eigenvalue weighted by Crippen LogP contribution is -2.35. The second kappa shape index (κ2) is 5.72. The summed E-state index contributed by atoms with van der Waals surface area (Å²) in [5, 5.41) is 13.2. The monoisotopic (exact) mass is 267 g/mol. The zero-order chi connectivity index (χ0) is 13.1. The van der Waals surface area contributed by atoms with Gasteiger partial charge in [-0.15, -0.1) is 0 Å². The normalized spacial score (nSPS) is 17.9. The van der Waals surface area contributed by atoms with Crippen LogP contribution in [0.15, 0.2) is 18.2 Å². The van der Waals surface area contributed by atoms with Crippen LogP contribution in [0.25, 0.3) is 0 Å². The summed E-state index contributed by atoms with van der Waals surface area (Å²) in [5.74, 6) is -0.846. The molecule has 0 amide bonds. The first-order valence-electron chi connectivity index (χ1n) is 6.33. The summed E-state index contributed by atoms with van der Waals surface area (Å²) in [7, 11) is 0. The molecule has 3 nitrogen and oxygen atoms in total. The van der Waals surface area contributed by atoms with Crippen LogP contribution in [0.1, 0.15) is 42.9 Å². The molecule has 1 fully saturated rings. The Hall–Kier alpha value is -1.06. The molecular weight excluding hydrogens is 250 g/mol. The minimum absolute atomic E-state index is 0.311. The van der Waals surface area contributed by atoms with E-state index < -0.39 is 12.0 Å². The predicted octanol–water partition coefficient (Wildman–Crippen LogP) is 3.31. The van der Waals surface area contributed by atoms with E-state index in [4.69, 9.17) is 11.6 Å². The van der Waals surface area contributed by atoms with Gasteiger partial charge in [-0.25, -0.2) is 0 Å². The summed E-state index contributed by atoms with van der Waals surface area (Å²) >= 11 is 6.06. The highest BCUT2D eigenvalue weighted by molar-refractivity contribution is 6.31. The first kappa shape index (κ1) is 13.4. The molecule has 0 heterocycles.